The quantitative estimate of drug-likeness (QED) is 0.661. The first-order valence-electron chi connectivity index (χ1n) is 6.34. The fraction of sp³-hybridized carbons (Fsp3) is 0.833. The van der Waals surface area contributed by atoms with E-state index in [9.17, 15) is 0 Å². The summed E-state index contributed by atoms with van der Waals surface area (Å²) in [5.74, 6) is 0. The lowest BCUT2D eigenvalue weighted by Gasteiger charge is -2.28. The molecule has 2 heterocycles. The molecule has 0 bridgehead atoms. The van der Waals surface area contributed by atoms with E-state index in [0.29, 0.717) is 6.04 Å². The first-order valence-corrected chi connectivity index (χ1v) is 6.34. The normalized spacial score (nSPS) is 26.5. The van der Waals surface area contributed by atoms with Crippen LogP contribution in [-0.4, -0.2) is 61.9 Å². The zero-order valence-electron chi connectivity index (χ0n) is 10.5. The van der Waals surface area contributed by atoms with Gasteiger partial charge in [-0.3, -0.25) is 9.80 Å². The van der Waals surface area contributed by atoms with E-state index in [2.05, 4.69) is 40.4 Å². The third-order valence-corrected chi connectivity index (χ3v) is 3.69. The van der Waals surface area contributed by atoms with Crippen LogP contribution in [0.2, 0.25) is 0 Å². The van der Waals surface area contributed by atoms with Gasteiger partial charge in [0, 0.05) is 52.1 Å². The lowest BCUT2D eigenvalue weighted by atomic mass is 10.1. The molecule has 2 aliphatic heterocycles. The number of allylic oxidation sites excluding steroid dienone is 1. The summed E-state index contributed by atoms with van der Waals surface area (Å²) in [6, 6.07) is 0.570. The fourth-order valence-corrected chi connectivity index (χ4v) is 2.50. The van der Waals surface area contributed by atoms with E-state index >= 15 is 0 Å². The van der Waals surface area contributed by atoms with Crippen molar-refractivity contribution < 1.29 is 0 Å². The molecule has 1 unspecified atom stereocenters. The number of nitrogens with zero attached hydrogens (tertiary/aromatic N) is 2. The standard InChI is InChI=1S/C12H24N4/c1-3-12(8-15-6-4-13-9-15)11(2)16-7-5-14-10-16/h3,11,13-14H,4-10H2,1-2H3/b12-3-. The molecule has 0 aromatic heterocycles. The van der Waals surface area contributed by atoms with Gasteiger partial charge in [-0.2, -0.15) is 0 Å². The summed E-state index contributed by atoms with van der Waals surface area (Å²) in [6.45, 7) is 12.3. The van der Waals surface area contributed by atoms with Crippen molar-refractivity contribution >= 4 is 0 Å². The van der Waals surface area contributed by atoms with Gasteiger partial charge < -0.3 is 10.6 Å². The summed E-state index contributed by atoms with van der Waals surface area (Å²) < 4.78 is 0. The maximum Gasteiger partial charge on any atom is 0.0486 e. The number of hydrogen-bond acceptors (Lipinski definition) is 4. The van der Waals surface area contributed by atoms with E-state index in [0.717, 1.165) is 33.0 Å². The third-order valence-electron chi connectivity index (χ3n) is 3.69. The van der Waals surface area contributed by atoms with E-state index in [-0.39, 0.29) is 0 Å². The molecular formula is C12H24N4. The van der Waals surface area contributed by atoms with Crippen LogP contribution >= 0.6 is 0 Å². The summed E-state index contributed by atoms with van der Waals surface area (Å²) in [6.07, 6.45) is 2.29. The van der Waals surface area contributed by atoms with Crippen LogP contribution in [0.1, 0.15) is 13.8 Å². The number of nitrogens with one attached hydrogen (secondary N) is 2. The minimum Gasteiger partial charge on any atom is -0.303 e. The Hall–Kier alpha value is -0.420. The second-order valence-corrected chi connectivity index (χ2v) is 4.72. The fourth-order valence-electron chi connectivity index (χ4n) is 2.50. The Morgan fingerprint density at radius 2 is 2.00 bits per heavy atom. The van der Waals surface area contributed by atoms with Crippen LogP contribution in [0.3, 0.4) is 0 Å². The van der Waals surface area contributed by atoms with Crippen LogP contribution in [-0.2, 0) is 0 Å². The monoisotopic (exact) mass is 224 g/mol. The van der Waals surface area contributed by atoms with Gasteiger partial charge in [0.2, 0.25) is 0 Å². The lowest BCUT2D eigenvalue weighted by molar-refractivity contribution is 0.264. The topological polar surface area (TPSA) is 30.5 Å². The molecule has 16 heavy (non-hydrogen) atoms. The molecule has 0 saturated carbocycles. The molecule has 0 aliphatic carbocycles. The molecule has 2 aliphatic rings. The summed E-state index contributed by atoms with van der Waals surface area (Å²) >= 11 is 0. The van der Waals surface area contributed by atoms with Crippen molar-refractivity contribution in [2.45, 2.75) is 19.9 Å². The van der Waals surface area contributed by atoms with Gasteiger partial charge in [-0.1, -0.05) is 6.08 Å². The lowest BCUT2D eigenvalue weighted by Crippen LogP contribution is -2.37. The zero-order chi connectivity index (χ0) is 11.4. The molecule has 2 rings (SSSR count). The molecule has 0 spiro atoms. The van der Waals surface area contributed by atoms with Gasteiger partial charge >= 0.3 is 0 Å². The minimum atomic E-state index is 0.570. The van der Waals surface area contributed by atoms with E-state index in [1.54, 1.807) is 5.57 Å². The molecule has 0 aromatic carbocycles. The van der Waals surface area contributed by atoms with Crippen molar-refractivity contribution in [1.29, 1.82) is 0 Å². The van der Waals surface area contributed by atoms with Crippen LogP contribution in [0.25, 0.3) is 0 Å². The van der Waals surface area contributed by atoms with Crippen LogP contribution < -0.4 is 10.6 Å². The smallest absolute Gasteiger partial charge is 0.0486 e. The van der Waals surface area contributed by atoms with Crippen LogP contribution in [0.15, 0.2) is 11.6 Å². The van der Waals surface area contributed by atoms with E-state index in [4.69, 9.17) is 0 Å². The molecule has 1 atom stereocenters. The van der Waals surface area contributed by atoms with Gasteiger partial charge in [-0.05, 0) is 19.4 Å². The summed E-state index contributed by atoms with van der Waals surface area (Å²) in [5, 5.41) is 6.78. The summed E-state index contributed by atoms with van der Waals surface area (Å²) in [4.78, 5) is 4.99. The van der Waals surface area contributed by atoms with Gasteiger partial charge in [0.05, 0.1) is 0 Å². The van der Waals surface area contributed by atoms with Crippen molar-refractivity contribution in [3.8, 4) is 0 Å². The second-order valence-electron chi connectivity index (χ2n) is 4.72. The van der Waals surface area contributed by atoms with Gasteiger partial charge in [-0.15, -0.1) is 0 Å². The van der Waals surface area contributed by atoms with E-state index in [1.165, 1.54) is 13.1 Å². The van der Waals surface area contributed by atoms with Crippen LogP contribution in [0, 0.1) is 0 Å². The van der Waals surface area contributed by atoms with Gasteiger partial charge in [0.15, 0.2) is 0 Å². The highest BCUT2D eigenvalue weighted by Gasteiger charge is 2.22. The maximum absolute atomic E-state index is 3.40. The number of hydrogen-bond donors (Lipinski definition) is 2. The molecule has 2 saturated heterocycles. The Morgan fingerprint density at radius 3 is 2.56 bits per heavy atom. The Morgan fingerprint density at radius 1 is 1.25 bits per heavy atom. The third kappa shape index (κ3) is 2.83. The number of rotatable bonds is 4. The molecule has 2 N–H and O–H groups in total. The molecular weight excluding hydrogens is 200 g/mol. The highest BCUT2D eigenvalue weighted by molar-refractivity contribution is 5.12. The van der Waals surface area contributed by atoms with Gasteiger partial charge in [0.25, 0.3) is 0 Å². The molecule has 92 valence electrons. The van der Waals surface area contributed by atoms with Crippen molar-refractivity contribution in [2.75, 3.05) is 46.1 Å². The van der Waals surface area contributed by atoms with Crippen molar-refractivity contribution in [3.05, 3.63) is 11.6 Å². The first kappa shape index (κ1) is 12.0. The van der Waals surface area contributed by atoms with Crippen LogP contribution in [0.4, 0.5) is 0 Å². The molecule has 4 nitrogen and oxygen atoms in total. The Balaban J connectivity index is 1.88. The van der Waals surface area contributed by atoms with E-state index in [1.807, 2.05) is 0 Å². The second kappa shape index (κ2) is 5.77. The zero-order valence-corrected chi connectivity index (χ0v) is 10.5. The van der Waals surface area contributed by atoms with Gasteiger partial charge in [0.1, 0.15) is 0 Å². The highest BCUT2D eigenvalue weighted by Crippen LogP contribution is 2.13. The first-order chi connectivity index (χ1) is 7.81. The Bertz CT molecular complexity index is 239. The Labute approximate surface area is 98.7 Å². The predicted molar refractivity (Wildman–Crippen MR) is 67.2 cm³/mol. The summed E-state index contributed by atoms with van der Waals surface area (Å²) in [5.41, 5.74) is 1.55. The largest absolute Gasteiger partial charge is 0.303 e. The van der Waals surface area contributed by atoms with E-state index < -0.39 is 0 Å². The van der Waals surface area contributed by atoms with Crippen LogP contribution in [0.5, 0.6) is 0 Å². The predicted octanol–water partition coefficient (Wildman–Crippen LogP) is 0.0466. The van der Waals surface area contributed by atoms with Crippen molar-refractivity contribution in [2.24, 2.45) is 0 Å². The van der Waals surface area contributed by atoms with Crippen molar-refractivity contribution in [3.63, 3.8) is 0 Å². The maximum atomic E-state index is 3.40. The molecule has 0 aromatic rings. The van der Waals surface area contributed by atoms with Crippen molar-refractivity contribution in [1.82, 2.24) is 20.4 Å². The SMILES string of the molecule is C/C=C(/CN1CCNC1)C(C)N1CCNC1. The minimum absolute atomic E-state index is 0.570. The average molecular weight is 224 g/mol. The molecule has 4 heteroatoms. The summed E-state index contributed by atoms with van der Waals surface area (Å²) in [7, 11) is 0. The molecule has 0 amide bonds. The Kier molecular flexibility index (Phi) is 4.35. The average Bonchev–Trinajstić information content (AvgIpc) is 2.97. The molecule has 0 radical (unpaired) electrons. The van der Waals surface area contributed by atoms with Gasteiger partial charge in [-0.25, -0.2) is 0 Å². The highest BCUT2D eigenvalue weighted by atomic mass is 15.3. The molecule has 2 fully saturated rings.